The van der Waals surface area contributed by atoms with Crippen molar-refractivity contribution in [3.05, 3.63) is 29.8 Å². The molecular weight excluding hydrogens is 144 g/mol. The largest absolute Gasteiger partial charge is 0.478 e. The smallest absolute Gasteiger partial charge is 0.349 e. The summed E-state index contributed by atoms with van der Waals surface area (Å²) < 4.78 is 4.89. The number of aliphatic carboxylic acids is 1. The van der Waals surface area contributed by atoms with Gasteiger partial charge in [0.1, 0.15) is 5.75 Å². The average molecular weight is 149 g/mol. The standard InChI is InChI=1S/C8H5O3/c9-8(10)7-5-3-1-2-4-6(5)11-7/h1-3,7H,(H,9,10). The van der Waals surface area contributed by atoms with Crippen molar-refractivity contribution in [2.45, 2.75) is 6.10 Å². The summed E-state index contributed by atoms with van der Waals surface area (Å²) in [6.45, 7) is 0. The molecule has 55 valence electrons. The van der Waals surface area contributed by atoms with Gasteiger partial charge >= 0.3 is 5.97 Å². The first-order valence-electron chi connectivity index (χ1n) is 3.19. The predicted octanol–water partition coefficient (Wildman–Crippen LogP) is 1.00. The second-order valence-electron chi connectivity index (χ2n) is 2.29. The highest BCUT2D eigenvalue weighted by atomic mass is 16.5. The van der Waals surface area contributed by atoms with Crippen molar-refractivity contribution < 1.29 is 14.6 Å². The summed E-state index contributed by atoms with van der Waals surface area (Å²) in [6.07, 6.45) is -0.776. The van der Waals surface area contributed by atoms with Crippen LogP contribution in [0.4, 0.5) is 0 Å². The zero-order chi connectivity index (χ0) is 7.84. The monoisotopic (exact) mass is 149 g/mol. The molecule has 1 unspecified atom stereocenters. The molecule has 1 aromatic carbocycles. The summed E-state index contributed by atoms with van der Waals surface area (Å²) >= 11 is 0. The predicted molar refractivity (Wildman–Crippen MR) is 36.3 cm³/mol. The molecular formula is C8H5O3. The maximum absolute atomic E-state index is 10.4. The number of carbonyl (C=O) groups is 1. The van der Waals surface area contributed by atoms with Gasteiger partial charge in [-0.25, -0.2) is 4.79 Å². The Hall–Kier alpha value is -1.51. The molecule has 0 saturated carbocycles. The second-order valence-corrected chi connectivity index (χ2v) is 2.29. The Labute approximate surface area is 63.2 Å². The van der Waals surface area contributed by atoms with E-state index in [0.717, 1.165) is 0 Å². The minimum Gasteiger partial charge on any atom is -0.478 e. The molecule has 0 saturated heterocycles. The second kappa shape index (κ2) is 1.99. The molecule has 3 heteroatoms. The molecule has 1 heterocycles. The fourth-order valence-electron chi connectivity index (χ4n) is 1.05. The van der Waals surface area contributed by atoms with E-state index in [9.17, 15) is 4.79 Å². The first kappa shape index (κ1) is 6.22. The van der Waals surface area contributed by atoms with Crippen LogP contribution >= 0.6 is 0 Å². The van der Waals surface area contributed by atoms with Crippen LogP contribution in [0.3, 0.4) is 0 Å². The van der Waals surface area contributed by atoms with E-state index in [4.69, 9.17) is 9.84 Å². The molecule has 3 nitrogen and oxygen atoms in total. The molecule has 1 N–H and O–H groups in total. The first-order chi connectivity index (χ1) is 5.29. The molecule has 0 aliphatic carbocycles. The Kier molecular flexibility index (Phi) is 1.12. The van der Waals surface area contributed by atoms with E-state index in [-0.39, 0.29) is 0 Å². The van der Waals surface area contributed by atoms with E-state index in [1.54, 1.807) is 18.2 Å². The molecule has 0 fully saturated rings. The van der Waals surface area contributed by atoms with Gasteiger partial charge in [-0.2, -0.15) is 0 Å². The van der Waals surface area contributed by atoms with E-state index in [0.29, 0.717) is 11.3 Å². The third-order valence-corrected chi connectivity index (χ3v) is 1.59. The number of carboxylic acid groups (broad SMARTS) is 1. The Balaban J connectivity index is 2.36. The lowest BCUT2D eigenvalue weighted by Crippen LogP contribution is -2.26. The lowest BCUT2D eigenvalue weighted by atomic mass is 10.0. The minimum atomic E-state index is -0.947. The van der Waals surface area contributed by atoms with Gasteiger partial charge in [0.05, 0.1) is 0 Å². The van der Waals surface area contributed by atoms with Gasteiger partial charge in [0, 0.05) is 11.6 Å². The van der Waals surface area contributed by atoms with Crippen molar-refractivity contribution in [2.75, 3.05) is 0 Å². The molecule has 0 bridgehead atoms. The van der Waals surface area contributed by atoms with E-state index in [2.05, 4.69) is 6.07 Å². The molecule has 0 amide bonds. The average Bonchev–Trinajstić information content (AvgIpc) is 1.90. The summed E-state index contributed by atoms with van der Waals surface area (Å²) in [5, 5.41) is 8.54. The van der Waals surface area contributed by atoms with Crippen LogP contribution in [-0.2, 0) is 4.79 Å². The number of fused-ring (bicyclic) bond motifs is 1. The zero-order valence-electron chi connectivity index (χ0n) is 5.57. The van der Waals surface area contributed by atoms with Crippen LogP contribution in [-0.4, -0.2) is 11.1 Å². The molecule has 1 aliphatic heterocycles. The van der Waals surface area contributed by atoms with Crippen molar-refractivity contribution in [3.63, 3.8) is 0 Å². The molecule has 1 aromatic rings. The maximum Gasteiger partial charge on any atom is 0.349 e. The summed E-state index contributed by atoms with van der Waals surface area (Å²) in [5.41, 5.74) is 0.708. The van der Waals surface area contributed by atoms with Crippen LogP contribution in [0.15, 0.2) is 18.2 Å². The Morgan fingerprint density at radius 3 is 3.18 bits per heavy atom. The fourth-order valence-corrected chi connectivity index (χ4v) is 1.05. The zero-order valence-corrected chi connectivity index (χ0v) is 5.57. The Morgan fingerprint density at radius 1 is 1.73 bits per heavy atom. The van der Waals surface area contributed by atoms with Crippen LogP contribution in [0.1, 0.15) is 11.7 Å². The minimum absolute atomic E-state index is 0.555. The first-order valence-corrected chi connectivity index (χ1v) is 3.19. The summed E-state index contributed by atoms with van der Waals surface area (Å²) in [7, 11) is 0. The van der Waals surface area contributed by atoms with Gasteiger partial charge < -0.3 is 9.84 Å². The van der Waals surface area contributed by atoms with Crippen molar-refractivity contribution in [2.24, 2.45) is 0 Å². The molecule has 1 aliphatic rings. The van der Waals surface area contributed by atoms with Gasteiger partial charge in [-0.3, -0.25) is 0 Å². The summed E-state index contributed by atoms with van der Waals surface area (Å²) in [6, 6.07) is 7.95. The number of ether oxygens (including phenoxy) is 1. The van der Waals surface area contributed by atoms with Gasteiger partial charge in [0.25, 0.3) is 0 Å². The van der Waals surface area contributed by atoms with Crippen molar-refractivity contribution >= 4 is 5.97 Å². The number of carboxylic acids is 1. The van der Waals surface area contributed by atoms with Crippen LogP contribution in [0.25, 0.3) is 0 Å². The number of benzene rings is 1. The summed E-state index contributed by atoms with van der Waals surface area (Å²) in [5.74, 6) is -0.392. The SMILES string of the molecule is O=C(O)C1Oc2[c]cccc21. The lowest BCUT2D eigenvalue weighted by Gasteiger charge is -2.26. The fraction of sp³-hybridized carbons (Fsp3) is 0.125. The third kappa shape index (κ3) is 0.774. The van der Waals surface area contributed by atoms with E-state index >= 15 is 0 Å². The van der Waals surface area contributed by atoms with E-state index in [1.807, 2.05) is 0 Å². The van der Waals surface area contributed by atoms with Crippen LogP contribution in [0.2, 0.25) is 0 Å². The quantitative estimate of drug-likeness (QED) is 0.648. The highest BCUT2D eigenvalue weighted by molar-refractivity contribution is 5.78. The highest BCUT2D eigenvalue weighted by Gasteiger charge is 2.33. The normalized spacial score (nSPS) is 19.5. The molecule has 1 radical (unpaired) electrons. The number of rotatable bonds is 1. The van der Waals surface area contributed by atoms with Gasteiger partial charge in [0.2, 0.25) is 6.10 Å². The topological polar surface area (TPSA) is 46.5 Å². The highest BCUT2D eigenvalue weighted by Crippen LogP contribution is 2.37. The van der Waals surface area contributed by atoms with Crippen LogP contribution < -0.4 is 4.74 Å². The Morgan fingerprint density at radius 2 is 2.55 bits per heavy atom. The van der Waals surface area contributed by atoms with Crippen LogP contribution in [0.5, 0.6) is 5.75 Å². The van der Waals surface area contributed by atoms with E-state index in [1.165, 1.54) is 0 Å². The van der Waals surface area contributed by atoms with Crippen molar-refractivity contribution in [1.82, 2.24) is 0 Å². The maximum atomic E-state index is 10.4. The van der Waals surface area contributed by atoms with Gasteiger partial charge in [0.15, 0.2) is 0 Å². The molecule has 0 aromatic heterocycles. The molecule has 2 rings (SSSR count). The summed E-state index contributed by atoms with van der Waals surface area (Å²) in [4.78, 5) is 10.4. The van der Waals surface area contributed by atoms with Gasteiger partial charge in [-0.15, -0.1) is 0 Å². The number of hydrogen-bond acceptors (Lipinski definition) is 2. The van der Waals surface area contributed by atoms with Gasteiger partial charge in [-0.1, -0.05) is 18.2 Å². The van der Waals surface area contributed by atoms with E-state index < -0.39 is 12.1 Å². The van der Waals surface area contributed by atoms with Crippen molar-refractivity contribution in [1.29, 1.82) is 0 Å². The molecule has 1 atom stereocenters. The van der Waals surface area contributed by atoms with Gasteiger partial charge in [-0.05, 0) is 0 Å². The van der Waals surface area contributed by atoms with Crippen LogP contribution in [0, 0.1) is 6.07 Å². The van der Waals surface area contributed by atoms with Crippen molar-refractivity contribution in [3.8, 4) is 5.75 Å². The number of hydrogen-bond donors (Lipinski definition) is 1. The molecule has 0 spiro atoms. The Bertz CT molecular complexity index is 306. The lowest BCUT2D eigenvalue weighted by molar-refractivity contribution is -0.147. The molecule has 11 heavy (non-hydrogen) atoms. The third-order valence-electron chi connectivity index (χ3n) is 1.59. The number of para-hydroxylation sites is 1.